The molecule has 108 valence electrons. The Kier molecular flexibility index (Phi) is 4.72. The summed E-state index contributed by atoms with van der Waals surface area (Å²) in [5.74, 6) is -0.0198. The molecular formula is C17H16O4. The molecule has 0 spiro atoms. The number of hydrogen-bond acceptors (Lipinski definition) is 4. The zero-order chi connectivity index (χ0) is 15.2. The molecule has 2 aromatic rings. The van der Waals surface area contributed by atoms with Crippen molar-refractivity contribution in [1.29, 1.82) is 0 Å². The van der Waals surface area contributed by atoms with Gasteiger partial charge in [0.15, 0.2) is 5.78 Å². The minimum absolute atomic E-state index is 0.150. The highest BCUT2D eigenvalue weighted by Gasteiger charge is 2.14. The molecule has 0 heterocycles. The van der Waals surface area contributed by atoms with Gasteiger partial charge in [0.1, 0.15) is 5.75 Å². The minimum Gasteiger partial charge on any atom is -0.496 e. The van der Waals surface area contributed by atoms with Gasteiger partial charge in [-0.1, -0.05) is 24.3 Å². The van der Waals surface area contributed by atoms with Gasteiger partial charge >= 0.3 is 5.97 Å². The number of para-hydroxylation sites is 1. The number of ether oxygens (including phenoxy) is 2. The molecule has 4 nitrogen and oxygen atoms in total. The lowest BCUT2D eigenvalue weighted by molar-refractivity contribution is 0.0526. The van der Waals surface area contributed by atoms with Crippen LogP contribution in [0.4, 0.5) is 0 Å². The van der Waals surface area contributed by atoms with Gasteiger partial charge in [-0.15, -0.1) is 0 Å². The molecule has 0 saturated heterocycles. The number of esters is 1. The van der Waals surface area contributed by atoms with Gasteiger partial charge in [-0.25, -0.2) is 4.79 Å². The van der Waals surface area contributed by atoms with Crippen LogP contribution >= 0.6 is 0 Å². The Labute approximate surface area is 123 Å². The highest BCUT2D eigenvalue weighted by molar-refractivity contribution is 6.11. The normalized spacial score (nSPS) is 10.0. The Morgan fingerprint density at radius 2 is 1.57 bits per heavy atom. The number of hydrogen-bond donors (Lipinski definition) is 0. The summed E-state index contributed by atoms with van der Waals surface area (Å²) >= 11 is 0. The molecule has 0 aliphatic heterocycles. The van der Waals surface area contributed by atoms with Crippen LogP contribution in [0, 0.1) is 0 Å². The average molecular weight is 284 g/mol. The van der Waals surface area contributed by atoms with Gasteiger partial charge in [-0.2, -0.15) is 0 Å². The Hall–Kier alpha value is -2.62. The molecule has 2 aromatic carbocycles. The van der Waals surface area contributed by atoms with Gasteiger partial charge in [0.2, 0.25) is 0 Å². The molecule has 4 heteroatoms. The van der Waals surface area contributed by atoms with Crippen LogP contribution in [0.5, 0.6) is 5.75 Å². The van der Waals surface area contributed by atoms with Crippen LogP contribution in [0.2, 0.25) is 0 Å². The van der Waals surface area contributed by atoms with Crippen LogP contribution in [0.1, 0.15) is 33.2 Å². The van der Waals surface area contributed by atoms with Crippen molar-refractivity contribution >= 4 is 11.8 Å². The molecule has 0 atom stereocenters. The van der Waals surface area contributed by atoms with Crippen LogP contribution < -0.4 is 4.74 Å². The summed E-state index contributed by atoms with van der Waals surface area (Å²) in [6.07, 6.45) is 0. The van der Waals surface area contributed by atoms with E-state index in [1.165, 1.54) is 7.11 Å². The van der Waals surface area contributed by atoms with E-state index >= 15 is 0 Å². The van der Waals surface area contributed by atoms with Crippen LogP contribution in [-0.4, -0.2) is 25.5 Å². The summed E-state index contributed by atoms with van der Waals surface area (Å²) in [6.45, 7) is 2.07. The Balaban J connectivity index is 2.26. The van der Waals surface area contributed by atoms with Crippen LogP contribution in [0.3, 0.4) is 0 Å². The van der Waals surface area contributed by atoms with Gasteiger partial charge < -0.3 is 9.47 Å². The van der Waals surface area contributed by atoms with Gasteiger partial charge in [0.05, 0.1) is 24.8 Å². The van der Waals surface area contributed by atoms with Crippen molar-refractivity contribution < 1.29 is 19.1 Å². The largest absolute Gasteiger partial charge is 0.496 e. The lowest BCUT2D eigenvalue weighted by atomic mass is 10.0. The number of benzene rings is 2. The van der Waals surface area contributed by atoms with Gasteiger partial charge in [0, 0.05) is 5.56 Å². The molecular weight excluding hydrogens is 268 g/mol. The fourth-order valence-electron chi connectivity index (χ4n) is 1.96. The minimum atomic E-state index is -0.395. The van der Waals surface area contributed by atoms with Crippen molar-refractivity contribution in [2.24, 2.45) is 0 Å². The summed E-state index contributed by atoms with van der Waals surface area (Å²) in [6, 6.07) is 13.4. The second kappa shape index (κ2) is 6.70. The second-order valence-electron chi connectivity index (χ2n) is 4.33. The predicted molar refractivity (Wildman–Crippen MR) is 78.8 cm³/mol. The summed E-state index contributed by atoms with van der Waals surface area (Å²) in [7, 11) is 1.52. The number of rotatable bonds is 5. The lowest BCUT2D eigenvalue weighted by Crippen LogP contribution is -2.07. The fourth-order valence-corrected chi connectivity index (χ4v) is 1.96. The molecule has 0 radical (unpaired) electrons. The zero-order valence-electron chi connectivity index (χ0n) is 12.0. The first-order valence-electron chi connectivity index (χ1n) is 6.62. The third-order valence-corrected chi connectivity index (χ3v) is 3.01. The molecule has 0 N–H and O–H groups in total. The van der Waals surface area contributed by atoms with Crippen molar-refractivity contribution in [3.05, 3.63) is 65.2 Å². The maximum absolute atomic E-state index is 12.4. The van der Waals surface area contributed by atoms with E-state index in [-0.39, 0.29) is 5.78 Å². The van der Waals surface area contributed by atoms with Crippen LogP contribution in [0.15, 0.2) is 48.5 Å². The number of carbonyl (C=O) groups is 2. The maximum atomic E-state index is 12.4. The van der Waals surface area contributed by atoms with Crippen molar-refractivity contribution in [2.45, 2.75) is 6.92 Å². The van der Waals surface area contributed by atoms with E-state index in [0.29, 0.717) is 29.0 Å². The van der Waals surface area contributed by atoms with Gasteiger partial charge in [-0.3, -0.25) is 4.79 Å². The molecule has 0 aromatic heterocycles. The smallest absolute Gasteiger partial charge is 0.338 e. The van der Waals surface area contributed by atoms with Crippen molar-refractivity contribution in [2.75, 3.05) is 13.7 Å². The van der Waals surface area contributed by atoms with E-state index in [9.17, 15) is 9.59 Å². The third-order valence-electron chi connectivity index (χ3n) is 3.01. The first-order chi connectivity index (χ1) is 10.2. The standard InChI is InChI=1S/C17H16O4/c1-3-21-17(19)13-10-8-12(9-11-13)16(18)14-6-4-5-7-15(14)20-2/h4-11H,3H2,1-2H3. The third kappa shape index (κ3) is 3.28. The summed E-state index contributed by atoms with van der Waals surface area (Å²) in [4.78, 5) is 24.0. The Morgan fingerprint density at radius 1 is 0.952 bits per heavy atom. The van der Waals surface area contributed by atoms with Gasteiger partial charge in [0.25, 0.3) is 0 Å². The van der Waals surface area contributed by atoms with Crippen molar-refractivity contribution in [3.8, 4) is 5.75 Å². The molecule has 0 saturated carbocycles. The molecule has 0 aliphatic carbocycles. The highest BCUT2D eigenvalue weighted by Crippen LogP contribution is 2.21. The summed E-state index contributed by atoms with van der Waals surface area (Å²) in [5.41, 5.74) is 1.41. The van der Waals surface area contributed by atoms with Crippen LogP contribution in [0.25, 0.3) is 0 Å². The van der Waals surface area contributed by atoms with Crippen LogP contribution in [-0.2, 0) is 4.74 Å². The molecule has 0 unspecified atom stereocenters. The highest BCUT2D eigenvalue weighted by atomic mass is 16.5. The Bertz CT molecular complexity index is 644. The van der Waals surface area contributed by atoms with E-state index in [1.807, 2.05) is 0 Å². The quantitative estimate of drug-likeness (QED) is 0.625. The van der Waals surface area contributed by atoms with Crippen molar-refractivity contribution in [3.63, 3.8) is 0 Å². The SMILES string of the molecule is CCOC(=O)c1ccc(C(=O)c2ccccc2OC)cc1. The summed E-state index contributed by atoms with van der Waals surface area (Å²) < 4.78 is 10.1. The number of ketones is 1. The van der Waals surface area contributed by atoms with E-state index in [2.05, 4.69) is 0 Å². The molecule has 21 heavy (non-hydrogen) atoms. The lowest BCUT2D eigenvalue weighted by Gasteiger charge is -2.07. The monoisotopic (exact) mass is 284 g/mol. The molecule has 0 aliphatic rings. The van der Waals surface area contributed by atoms with E-state index in [1.54, 1.807) is 55.5 Å². The van der Waals surface area contributed by atoms with E-state index < -0.39 is 5.97 Å². The number of carbonyl (C=O) groups excluding carboxylic acids is 2. The predicted octanol–water partition coefficient (Wildman–Crippen LogP) is 3.10. The fraction of sp³-hybridized carbons (Fsp3) is 0.176. The second-order valence-corrected chi connectivity index (χ2v) is 4.33. The maximum Gasteiger partial charge on any atom is 0.338 e. The van der Waals surface area contributed by atoms with Crippen molar-refractivity contribution in [1.82, 2.24) is 0 Å². The van der Waals surface area contributed by atoms with E-state index in [0.717, 1.165) is 0 Å². The topological polar surface area (TPSA) is 52.6 Å². The average Bonchev–Trinajstić information content (AvgIpc) is 2.54. The first-order valence-corrected chi connectivity index (χ1v) is 6.62. The molecule has 0 amide bonds. The molecule has 0 bridgehead atoms. The molecule has 2 rings (SSSR count). The zero-order valence-corrected chi connectivity index (χ0v) is 12.0. The number of methoxy groups -OCH3 is 1. The Morgan fingerprint density at radius 3 is 2.19 bits per heavy atom. The van der Waals surface area contributed by atoms with Gasteiger partial charge in [-0.05, 0) is 31.2 Å². The van der Waals surface area contributed by atoms with E-state index in [4.69, 9.17) is 9.47 Å². The molecule has 0 fully saturated rings. The first kappa shape index (κ1) is 14.8. The summed E-state index contributed by atoms with van der Waals surface area (Å²) in [5, 5.41) is 0.